The van der Waals surface area contributed by atoms with E-state index in [0.717, 1.165) is 12.5 Å². The van der Waals surface area contributed by atoms with E-state index in [2.05, 4.69) is 44.9 Å². The fraction of sp³-hybridized carbons (Fsp3) is 0.667. The van der Waals surface area contributed by atoms with Crippen LogP contribution in [0.1, 0.15) is 27.2 Å². The minimum atomic E-state index is 0.654. The third-order valence-corrected chi connectivity index (χ3v) is 4.34. The number of allylic oxidation sites excluding steroid dienone is 2. The van der Waals surface area contributed by atoms with Crippen molar-refractivity contribution in [1.82, 2.24) is 4.90 Å². The van der Waals surface area contributed by atoms with E-state index >= 15 is 0 Å². The van der Waals surface area contributed by atoms with Crippen LogP contribution in [0.25, 0.3) is 0 Å². The number of hydrogen-bond acceptors (Lipinski definition) is 2. The SMILES string of the molecule is C=C1C(C)C(C)C2C/C(=C(/C)S)CN12. The van der Waals surface area contributed by atoms with Crippen LogP contribution in [0.5, 0.6) is 0 Å². The molecule has 1 nitrogen and oxygen atoms in total. The molecule has 0 aromatic rings. The summed E-state index contributed by atoms with van der Waals surface area (Å²) in [5.74, 6) is 1.40. The average molecular weight is 209 g/mol. The molecule has 2 rings (SSSR count). The maximum Gasteiger partial charge on any atom is 0.0400 e. The number of thiol groups is 1. The standard InChI is InChI=1S/C12H19NS/c1-7-8(2)12-5-11(10(4)14)6-13(12)9(7)3/h7-8,12,14H,3,5-6H2,1-2,4H3/b11-10+. The summed E-state index contributed by atoms with van der Waals surface area (Å²) in [6.07, 6.45) is 1.19. The van der Waals surface area contributed by atoms with Crippen LogP contribution in [0, 0.1) is 11.8 Å². The maximum absolute atomic E-state index is 4.44. The number of nitrogens with zero attached hydrogens (tertiary/aromatic N) is 1. The van der Waals surface area contributed by atoms with Gasteiger partial charge in [0, 0.05) is 18.3 Å². The zero-order valence-corrected chi connectivity index (χ0v) is 10.1. The Hall–Kier alpha value is -0.370. The van der Waals surface area contributed by atoms with Gasteiger partial charge in [-0.25, -0.2) is 0 Å². The van der Waals surface area contributed by atoms with Gasteiger partial charge in [-0.2, -0.15) is 0 Å². The molecule has 2 fully saturated rings. The zero-order chi connectivity index (χ0) is 10.5. The van der Waals surface area contributed by atoms with E-state index in [1.807, 2.05) is 0 Å². The van der Waals surface area contributed by atoms with Crippen molar-refractivity contribution in [2.45, 2.75) is 33.2 Å². The molecule has 0 amide bonds. The van der Waals surface area contributed by atoms with Crippen LogP contribution in [-0.4, -0.2) is 17.5 Å². The van der Waals surface area contributed by atoms with Gasteiger partial charge in [0.25, 0.3) is 0 Å². The topological polar surface area (TPSA) is 3.24 Å². The fourth-order valence-corrected chi connectivity index (χ4v) is 2.86. The summed E-state index contributed by atoms with van der Waals surface area (Å²) in [5.41, 5.74) is 2.82. The molecule has 0 radical (unpaired) electrons. The Labute approximate surface area is 92.3 Å². The van der Waals surface area contributed by atoms with Crippen molar-refractivity contribution < 1.29 is 0 Å². The monoisotopic (exact) mass is 209 g/mol. The highest BCUT2D eigenvalue weighted by molar-refractivity contribution is 7.84. The Balaban J connectivity index is 2.25. The normalized spacial score (nSPS) is 40.4. The first-order chi connectivity index (χ1) is 6.52. The molecule has 0 spiro atoms. The quantitative estimate of drug-likeness (QED) is 0.600. The minimum Gasteiger partial charge on any atom is -0.367 e. The Morgan fingerprint density at radius 2 is 2.14 bits per heavy atom. The van der Waals surface area contributed by atoms with Crippen molar-refractivity contribution in [3.63, 3.8) is 0 Å². The third kappa shape index (κ3) is 1.31. The molecule has 0 bridgehead atoms. The molecule has 0 aromatic heterocycles. The van der Waals surface area contributed by atoms with Crippen LogP contribution in [0.2, 0.25) is 0 Å². The summed E-state index contributed by atoms with van der Waals surface area (Å²) in [6, 6.07) is 0.689. The first-order valence-corrected chi connectivity index (χ1v) is 5.80. The molecule has 2 aliphatic heterocycles. The number of rotatable bonds is 0. The fourth-order valence-electron chi connectivity index (χ4n) is 2.69. The lowest BCUT2D eigenvalue weighted by Gasteiger charge is -2.19. The average Bonchev–Trinajstić information content (AvgIpc) is 2.64. The second-order valence-electron chi connectivity index (χ2n) is 4.73. The molecule has 2 heterocycles. The molecule has 3 atom stereocenters. The number of fused-ring (bicyclic) bond motifs is 1. The Morgan fingerprint density at radius 1 is 1.50 bits per heavy atom. The van der Waals surface area contributed by atoms with E-state index in [1.165, 1.54) is 22.6 Å². The predicted octanol–water partition coefficient (Wildman–Crippen LogP) is 3.06. The summed E-state index contributed by atoms with van der Waals surface area (Å²) in [7, 11) is 0. The van der Waals surface area contributed by atoms with Crippen molar-refractivity contribution in [2.75, 3.05) is 6.54 Å². The highest BCUT2D eigenvalue weighted by Gasteiger charge is 2.43. The van der Waals surface area contributed by atoms with Gasteiger partial charge >= 0.3 is 0 Å². The van der Waals surface area contributed by atoms with Crippen LogP contribution < -0.4 is 0 Å². The molecule has 0 aromatic carbocycles. The van der Waals surface area contributed by atoms with Gasteiger partial charge in [-0.05, 0) is 35.7 Å². The third-order valence-electron chi connectivity index (χ3n) is 4.02. The molecule has 78 valence electrons. The van der Waals surface area contributed by atoms with Gasteiger partial charge in [0.2, 0.25) is 0 Å². The van der Waals surface area contributed by atoms with E-state index in [1.54, 1.807) is 0 Å². The van der Waals surface area contributed by atoms with Crippen molar-refractivity contribution >= 4 is 12.6 Å². The Bertz CT molecular complexity index is 301. The van der Waals surface area contributed by atoms with Crippen LogP contribution in [0.3, 0.4) is 0 Å². The summed E-state index contributed by atoms with van der Waals surface area (Å²) in [4.78, 5) is 3.68. The van der Waals surface area contributed by atoms with E-state index in [-0.39, 0.29) is 0 Å². The lowest BCUT2D eigenvalue weighted by atomic mass is 9.90. The molecular formula is C12H19NS. The molecule has 0 saturated carbocycles. The first-order valence-electron chi connectivity index (χ1n) is 5.35. The van der Waals surface area contributed by atoms with Crippen LogP contribution in [0.4, 0.5) is 0 Å². The lowest BCUT2D eigenvalue weighted by molar-refractivity contribution is 0.323. The van der Waals surface area contributed by atoms with Crippen molar-refractivity contribution in [3.05, 3.63) is 22.8 Å². The van der Waals surface area contributed by atoms with Gasteiger partial charge in [0.1, 0.15) is 0 Å². The van der Waals surface area contributed by atoms with E-state index in [9.17, 15) is 0 Å². The largest absolute Gasteiger partial charge is 0.367 e. The molecule has 2 heteroatoms. The maximum atomic E-state index is 4.44. The summed E-state index contributed by atoms with van der Waals surface area (Å²) < 4.78 is 0. The molecule has 2 aliphatic rings. The molecule has 0 N–H and O–H groups in total. The zero-order valence-electron chi connectivity index (χ0n) is 9.25. The summed E-state index contributed by atoms with van der Waals surface area (Å²) in [6.45, 7) is 12.0. The Morgan fingerprint density at radius 3 is 2.64 bits per heavy atom. The van der Waals surface area contributed by atoms with E-state index in [0.29, 0.717) is 12.0 Å². The first kappa shape index (κ1) is 10.2. The summed E-state index contributed by atoms with van der Waals surface area (Å²) >= 11 is 4.44. The van der Waals surface area contributed by atoms with Gasteiger partial charge in [-0.3, -0.25) is 0 Å². The van der Waals surface area contributed by atoms with Gasteiger partial charge < -0.3 is 4.90 Å². The highest BCUT2D eigenvalue weighted by atomic mass is 32.1. The number of hydrogen-bond donors (Lipinski definition) is 1. The second kappa shape index (κ2) is 3.34. The van der Waals surface area contributed by atoms with Crippen LogP contribution in [0.15, 0.2) is 22.8 Å². The van der Waals surface area contributed by atoms with E-state index < -0.39 is 0 Å². The smallest absolute Gasteiger partial charge is 0.0400 e. The van der Waals surface area contributed by atoms with Crippen LogP contribution in [-0.2, 0) is 0 Å². The van der Waals surface area contributed by atoms with Crippen molar-refractivity contribution in [2.24, 2.45) is 11.8 Å². The Kier molecular flexibility index (Phi) is 2.42. The van der Waals surface area contributed by atoms with Crippen molar-refractivity contribution in [3.8, 4) is 0 Å². The van der Waals surface area contributed by atoms with Gasteiger partial charge in [-0.15, -0.1) is 12.6 Å². The highest BCUT2D eigenvalue weighted by Crippen LogP contribution is 2.44. The van der Waals surface area contributed by atoms with Gasteiger partial charge in [0.05, 0.1) is 0 Å². The minimum absolute atomic E-state index is 0.654. The molecular weight excluding hydrogens is 190 g/mol. The second-order valence-corrected chi connectivity index (χ2v) is 5.40. The van der Waals surface area contributed by atoms with Gasteiger partial charge in [-0.1, -0.05) is 20.4 Å². The van der Waals surface area contributed by atoms with E-state index in [4.69, 9.17) is 0 Å². The molecule has 2 saturated heterocycles. The molecule has 3 unspecified atom stereocenters. The summed E-state index contributed by atoms with van der Waals surface area (Å²) in [5, 5.41) is 0. The van der Waals surface area contributed by atoms with Crippen molar-refractivity contribution in [1.29, 1.82) is 0 Å². The molecule has 0 aliphatic carbocycles. The van der Waals surface area contributed by atoms with Gasteiger partial charge in [0.15, 0.2) is 0 Å². The van der Waals surface area contributed by atoms with Crippen LogP contribution >= 0.6 is 12.6 Å². The molecule has 14 heavy (non-hydrogen) atoms. The predicted molar refractivity (Wildman–Crippen MR) is 64.3 cm³/mol. The lowest BCUT2D eigenvalue weighted by Crippen LogP contribution is -2.23.